The van der Waals surface area contributed by atoms with Crippen LogP contribution in [0.3, 0.4) is 0 Å². The second-order valence-electron chi connectivity index (χ2n) is 5.04. The molecule has 0 atom stereocenters. The molecule has 9 heteroatoms. The molecule has 2 rings (SSSR count). The Labute approximate surface area is 132 Å². The van der Waals surface area contributed by atoms with Gasteiger partial charge in [-0.05, 0) is 23.9 Å². The van der Waals surface area contributed by atoms with Gasteiger partial charge < -0.3 is 4.57 Å². The van der Waals surface area contributed by atoms with Crippen molar-refractivity contribution in [1.29, 1.82) is 0 Å². The Hall–Kier alpha value is -1.71. The zero-order chi connectivity index (χ0) is 16.7. The van der Waals surface area contributed by atoms with Gasteiger partial charge >= 0.3 is 5.69 Å². The van der Waals surface area contributed by atoms with E-state index in [2.05, 4.69) is 0 Å². The highest BCUT2D eigenvalue weighted by atomic mass is 32.2. The summed E-state index contributed by atoms with van der Waals surface area (Å²) in [5.41, 5.74) is -0.390. The lowest BCUT2D eigenvalue weighted by Crippen LogP contribution is -2.41. The van der Waals surface area contributed by atoms with Crippen molar-refractivity contribution in [1.82, 2.24) is 13.4 Å². The lowest BCUT2D eigenvalue weighted by atomic mass is 10.3. The first kappa shape index (κ1) is 16.7. The summed E-state index contributed by atoms with van der Waals surface area (Å²) in [5.74, 6) is 0. The van der Waals surface area contributed by atoms with Crippen LogP contribution in [0.2, 0.25) is 0 Å². The monoisotopic (exact) mass is 343 g/mol. The molecule has 0 aromatic carbocycles. The first-order chi connectivity index (χ1) is 10.2. The summed E-state index contributed by atoms with van der Waals surface area (Å²) in [6.45, 7) is 2.08. The third-order valence-electron chi connectivity index (χ3n) is 3.44. The SMILES string of the molecule is Cc1ccsc1CN(C)S(=O)(=O)c1cn(C)c(=O)n(C)c1=O. The minimum Gasteiger partial charge on any atom is -0.302 e. The molecule has 120 valence electrons. The van der Waals surface area contributed by atoms with Gasteiger partial charge in [-0.15, -0.1) is 11.3 Å². The molecular formula is C13H17N3O4S2. The van der Waals surface area contributed by atoms with E-state index in [9.17, 15) is 18.0 Å². The molecule has 0 saturated heterocycles. The van der Waals surface area contributed by atoms with Crippen molar-refractivity contribution in [2.45, 2.75) is 18.4 Å². The maximum absolute atomic E-state index is 12.6. The number of aryl methyl sites for hydroxylation is 2. The highest BCUT2D eigenvalue weighted by molar-refractivity contribution is 7.89. The summed E-state index contributed by atoms with van der Waals surface area (Å²) in [6.07, 6.45) is 1.07. The molecule has 0 aliphatic rings. The number of rotatable bonds is 4. The van der Waals surface area contributed by atoms with Crippen molar-refractivity contribution in [3.63, 3.8) is 0 Å². The summed E-state index contributed by atoms with van der Waals surface area (Å²) in [4.78, 5) is 24.3. The van der Waals surface area contributed by atoms with Crippen LogP contribution in [0, 0.1) is 6.92 Å². The standard InChI is InChI=1S/C13H17N3O4S2/c1-9-5-6-21-10(9)7-15(3)22(19,20)11-8-14(2)13(18)16(4)12(11)17/h5-6,8H,7H2,1-4H3. The Morgan fingerprint density at radius 1 is 1.27 bits per heavy atom. The third-order valence-corrected chi connectivity index (χ3v) is 6.23. The van der Waals surface area contributed by atoms with Gasteiger partial charge in [-0.2, -0.15) is 4.31 Å². The van der Waals surface area contributed by atoms with E-state index in [4.69, 9.17) is 0 Å². The van der Waals surface area contributed by atoms with E-state index < -0.39 is 26.2 Å². The summed E-state index contributed by atoms with van der Waals surface area (Å²) >= 11 is 1.46. The smallest absolute Gasteiger partial charge is 0.302 e. The first-order valence-electron chi connectivity index (χ1n) is 6.42. The van der Waals surface area contributed by atoms with Crippen LogP contribution in [-0.4, -0.2) is 28.9 Å². The van der Waals surface area contributed by atoms with Crippen LogP contribution in [0.25, 0.3) is 0 Å². The molecule has 0 bridgehead atoms. The molecular weight excluding hydrogens is 326 g/mol. The van der Waals surface area contributed by atoms with E-state index in [0.29, 0.717) is 0 Å². The van der Waals surface area contributed by atoms with Gasteiger partial charge in [0, 0.05) is 38.8 Å². The van der Waals surface area contributed by atoms with Crippen molar-refractivity contribution in [3.05, 3.63) is 48.9 Å². The van der Waals surface area contributed by atoms with Crippen LogP contribution in [0.4, 0.5) is 0 Å². The summed E-state index contributed by atoms with van der Waals surface area (Å²) in [5, 5.41) is 1.89. The van der Waals surface area contributed by atoms with Crippen LogP contribution in [0.15, 0.2) is 32.1 Å². The molecule has 0 unspecified atom stereocenters. The highest BCUT2D eigenvalue weighted by Gasteiger charge is 2.26. The lowest BCUT2D eigenvalue weighted by Gasteiger charge is -2.17. The fraction of sp³-hybridized carbons (Fsp3) is 0.385. The van der Waals surface area contributed by atoms with Gasteiger partial charge in [-0.3, -0.25) is 9.36 Å². The van der Waals surface area contributed by atoms with Gasteiger partial charge in [0.2, 0.25) is 10.0 Å². The minimum absolute atomic E-state index is 0.178. The summed E-state index contributed by atoms with van der Waals surface area (Å²) in [6, 6.07) is 1.91. The van der Waals surface area contributed by atoms with Crippen LogP contribution in [0.5, 0.6) is 0 Å². The highest BCUT2D eigenvalue weighted by Crippen LogP contribution is 2.20. The number of nitrogens with zero attached hydrogens (tertiary/aromatic N) is 3. The molecule has 0 fully saturated rings. The zero-order valence-corrected chi connectivity index (χ0v) is 14.4. The summed E-state index contributed by atoms with van der Waals surface area (Å²) < 4.78 is 28.2. The van der Waals surface area contributed by atoms with E-state index in [0.717, 1.165) is 30.1 Å². The quantitative estimate of drug-likeness (QED) is 0.798. The average molecular weight is 343 g/mol. The van der Waals surface area contributed by atoms with E-state index >= 15 is 0 Å². The molecule has 0 amide bonds. The largest absolute Gasteiger partial charge is 0.330 e. The molecule has 0 N–H and O–H groups in total. The van der Waals surface area contributed by atoms with Gasteiger partial charge in [-0.1, -0.05) is 0 Å². The minimum atomic E-state index is -3.98. The molecule has 7 nitrogen and oxygen atoms in total. The van der Waals surface area contributed by atoms with E-state index in [1.54, 1.807) is 0 Å². The third kappa shape index (κ3) is 2.79. The summed E-state index contributed by atoms with van der Waals surface area (Å²) in [7, 11) is 0.102. The van der Waals surface area contributed by atoms with Gasteiger partial charge in [0.15, 0.2) is 4.90 Å². The molecule has 2 aromatic rings. The number of thiophene rings is 1. The zero-order valence-electron chi connectivity index (χ0n) is 12.7. The van der Waals surface area contributed by atoms with E-state index in [1.165, 1.54) is 32.5 Å². The van der Waals surface area contributed by atoms with Crippen molar-refractivity contribution in [3.8, 4) is 0 Å². The van der Waals surface area contributed by atoms with E-state index in [-0.39, 0.29) is 6.54 Å². The molecule has 2 aromatic heterocycles. The topological polar surface area (TPSA) is 81.4 Å². The molecule has 0 spiro atoms. The van der Waals surface area contributed by atoms with Gasteiger partial charge in [-0.25, -0.2) is 13.2 Å². The van der Waals surface area contributed by atoms with Crippen LogP contribution in [0.1, 0.15) is 10.4 Å². The molecule has 0 aliphatic carbocycles. The predicted molar refractivity (Wildman–Crippen MR) is 84.6 cm³/mol. The van der Waals surface area contributed by atoms with Crippen molar-refractivity contribution < 1.29 is 8.42 Å². The predicted octanol–water partition coefficient (Wildman–Crippen LogP) is 0.275. The Balaban J connectivity index is 2.49. The van der Waals surface area contributed by atoms with Crippen LogP contribution >= 0.6 is 11.3 Å². The number of sulfonamides is 1. The average Bonchev–Trinajstić information content (AvgIpc) is 2.85. The Bertz CT molecular complexity index is 921. The molecule has 0 saturated carbocycles. The molecule has 22 heavy (non-hydrogen) atoms. The second-order valence-corrected chi connectivity index (χ2v) is 8.05. The Morgan fingerprint density at radius 3 is 2.45 bits per heavy atom. The van der Waals surface area contributed by atoms with Gasteiger partial charge in [0.1, 0.15) is 0 Å². The number of aromatic nitrogens is 2. The normalized spacial score (nSPS) is 12.0. The molecule has 2 heterocycles. The van der Waals surface area contributed by atoms with Crippen molar-refractivity contribution in [2.24, 2.45) is 14.1 Å². The molecule has 0 radical (unpaired) electrons. The van der Waals surface area contributed by atoms with E-state index in [1.807, 2.05) is 18.4 Å². The Morgan fingerprint density at radius 2 is 1.91 bits per heavy atom. The van der Waals surface area contributed by atoms with Crippen LogP contribution in [-0.2, 0) is 30.7 Å². The number of hydrogen-bond acceptors (Lipinski definition) is 5. The number of hydrogen-bond donors (Lipinski definition) is 0. The van der Waals surface area contributed by atoms with Gasteiger partial charge in [0.25, 0.3) is 5.56 Å². The second kappa shape index (κ2) is 5.82. The fourth-order valence-corrected chi connectivity index (χ4v) is 4.30. The van der Waals surface area contributed by atoms with Gasteiger partial charge in [0.05, 0.1) is 0 Å². The van der Waals surface area contributed by atoms with Crippen molar-refractivity contribution >= 4 is 21.4 Å². The van der Waals surface area contributed by atoms with Crippen molar-refractivity contribution in [2.75, 3.05) is 7.05 Å². The lowest BCUT2D eigenvalue weighted by molar-refractivity contribution is 0.465. The maximum Gasteiger partial charge on any atom is 0.330 e. The van der Waals surface area contributed by atoms with Crippen LogP contribution < -0.4 is 11.2 Å². The maximum atomic E-state index is 12.6. The fourth-order valence-electron chi connectivity index (χ4n) is 1.97. The first-order valence-corrected chi connectivity index (χ1v) is 8.74. The Kier molecular flexibility index (Phi) is 4.41. The molecule has 0 aliphatic heterocycles.